The van der Waals surface area contributed by atoms with Crippen LogP contribution in [0.2, 0.25) is 5.02 Å². The van der Waals surface area contributed by atoms with Gasteiger partial charge in [-0.15, -0.1) is 0 Å². The van der Waals surface area contributed by atoms with Gasteiger partial charge in [0.2, 0.25) is 0 Å². The van der Waals surface area contributed by atoms with Crippen LogP contribution in [0.25, 0.3) is 10.9 Å². The van der Waals surface area contributed by atoms with Gasteiger partial charge in [-0.3, -0.25) is 4.98 Å². The van der Waals surface area contributed by atoms with E-state index >= 15 is 0 Å². The molecule has 0 saturated carbocycles. The van der Waals surface area contributed by atoms with Crippen molar-refractivity contribution in [3.8, 4) is 6.07 Å². The molecule has 0 bridgehead atoms. The largest absolute Gasteiger partial charge is 0.252 e. The van der Waals surface area contributed by atoms with Crippen LogP contribution in [-0.2, 0) is 0 Å². The van der Waals surface area contributed by atoms with Crippen LogP contribution in [0.3, 0.4) is 0 Å². The number of fused-ring (bicyclic) bond motifs is 1. The molecule has 0 amide bonds. The van der Waals surface area contributed by atoms with Crippen LogP contribution in [0.1, 0.15) is 5.56 Å². The Hall–Kier alpha value is -1.80. The van der Waals surface area contributed by atoms with E-state index in [-0.39, 0.29) is 16.0 Å². The van der Waals surface area contributed by atoms with Crippen molar-refractivity contribution >= 4 is 22.5 Å². The lowest BCUT2D eigenvalue weighted by atomic mass is 10.1. The summed E-state index contributed by atoms with van der Waals surface area (Å²) in [6, 6.07) is 2.42. The van der Waals surface area contributed by atoms with E-state index in [1.54, 1.807) is 6.07 Å². The molecule has 0 N–H and O–H groups in total. The van der Waals surface area contributed by atoms with Crippen LogP contribution in [-0.4, -0.2) is 4.98 Å². The van der Waals surface area contributed by atoms with E-state index in [1.807, 2.05) is 0 Å². The predicted molar refractivity (Wildman–Crippen MR) is 51.3 cm³/mol. The Morgan fingerprint density at radius 3 is 2.56 bits per heavy atom. The minimum Gasteiger partial charge on any atom is -0.252 e. The number of rotatable bonds is 0. The van der Waals surface area contributed by atoms with Crippen LogP contribution >= 0.6 is 11.6 Å². The van der Waals surface area contributed by atoms with E-state index in [1.165, 1.54) is 0 Å². The van der Waals surface area contributed by atoms with Crippen molar-refractivity contribution in [1.29, 1.82) is 5.26 Å². The van der Waals surface area contributed by atoms with Crippen molar-refractivity contribution < 1.29 is 13.2 Å². The summed E-state index contributed by atoms with van der Waals surface area (Å²) in [5, 5.41) is 8.36. The molecule has 1 aromatic carbocycles. The lowest BCUT2D eigenvalue weighted by Gasteiger charge is -2.04. The van der Waals surface area contributed by atoms with Gasteiger partial charge in [0.1, 0.15) is 11.6 Å². The highest BCUT2D eigenvalue weighted by molar-refractivity contribution is 6.36. The molecule has 1 aromatic heterocycles. The van der Waals surface area contributed by atoms with E-state index < -0.39 is 23.0 Å². The molecule has 0 saturated heterocycles. The molecule has 2 aromatic rings. The Bertz CT molecular complexity index is 634. The van der Waals surface area contributed by atoms with Gasteiger partial charge in [0.25, 0.3) is 0 Å². The monoisotopic (exact) mass is 242 g/mol. The summed E-state index contributed by atoms with van der Waals surface area (Å²) >= 11 is 5.72. The molecule has 2 nitrogen and oxygen atoms in total. The van der Waals surface area contributed by atoms with Crippen LogP contribution in [0, 0.1) is 28.8 Å². The fourth-order valence-electron chi connectivity index (χ4n) is 1.29. The Labute approximate surface area is 92.9 Å². The third kappa shape index (κ3) is 1.39. The van der Waals surface area contributed by atoms with E-state index in [4.69, 9.17) is 16.9 Å². The second-order valence-corrected chi connectivity index (χ2v) is 3.36. The average Bonchev–Trinajstić information content (AvgIpc) is 2.28. The number of halogens is 4. The minimum atomic E-state index is -1.61. The summed E-state index contributed by atoms with van der Waals surface area (Å²) in [5.41, 5.74) is -0.428. The summed E-state index contributed by atoms with van der Waals surface area (Å²) < 4.78 is 39.1. The highest BCUT2D eigenvalue weighted by Crippen LogP contribution is 2.29. The van der Waals surface area contributed by atoms with Crippen molar-refractivity contribution in [2.24, 2.45) is 0 Å². The number of benzene rings is 1. The molecule has 2 rings (SSSR count). The molecule has 0 radical (unpaired) electrons. The van der Waals surface area contributed by atoms with Crippen molar-refractivity contribution in [1.82, 2.24) is 4.98 Å². The molecule has 0 unspecified atom stereocenters. The molecule has 80 valence electrons. The van der Waals surface area contributed by atoms with Crippen LogP contribution in [0.15, 0.2) is 12.3 Å². The zero-order chi connectivity index (χ0) is 11.9. The van der Waals surface area contributed by atoms with Gasteiger partial charge in [0.15, 0.2) is 17.5 Å². The maximum atomic E-state index is 13.3. The Morgan fingerprint density at radius 1 is 1.25 bits per heavy atom. The highest BCUT2D eigenvalue weighted by atomic mass is 35.5. The number of hydrogen-bond donors (Lipinski definition) is 0. The standard InChI is InChI=1S/C10H2ClF3N2/c11-7-4(2-15)3-16-10-5(7)1-6(12)8(13)9(10)14/h1,3H. The number of aromatic nitrogens is 1. The molecular formula is C10H2ClF3N2. The lowest BCUT2D eigenvalue weighted by molar-refractivity contribution is 0.452. The van der Waals surface area contributed by atoms with E-state index in [9.17, 15) is 13.2 Å². The van der Waals surface area contributed by atoms with E-state index in [0.717, 1.165) is 6.20 Å². The Balaban J connectivity index is 2.98. The van der Waals surface area contributed by atoms with Gasteiger partial charge in [-0.05, 0) is 6.07 Å². The molecule has 0 aliphatic carbocycles. The Morgan fingerprint density at radius 2 is 1.94 bits per heavy atom. The first kappa shape index (κ1) is 10.7. The molecule has 1 heterocycles. The zero-order valence-electron chi connectivity index (χ0n) is 7.56. The second kappa shape index (κ2) is 3.65. The number of nitriles is 1. The van der Waals surface area contributed by atoms with Gasteiger partial charge < -0.3 is 0 Å². The fourth-order valence-corrected chi connectivity index (χ4v) is 1.52. The number of hydrogen-bond acceptors (Lipinski definition) is 2. The molecule has 16 heavy (non-hydrogen) atoms. The first-order chi connectivity index (χ1) is 7.56. The predicted octanol–water partition coefficient (Wildman–Crippen LogP) is 3.18. The van der Waals surface area contributed by atoms with Crippen molar-refractivity contribution in [3.63, 3.8) is 0 Å². The molecule has 0 spiro atoms. The maximum Gasteiger partial charge on any atom is 0.196 e. The van der Waals surface area contributed by atoms with Crippen LogP contribution < -0.4 is 0 Å². The van der Waals surface area contributed by atoms with E-state index in [2.05, 4.69) is 4.98 Å². The first-order valence-corrected chi connectivity index (χ1v) is 4.46. The van der Waals surface area contributed by atoms with Gasteiger partial charge in [0, 0.05) is 11.6 Å². The molecule has 6 heteroatoms. The first-order valence-electron chi connectivity index (χ1n) is 4.08. The smallest absolute Gasteiger partial charge is 0.196 e. The Kier molecular flexibility index (Phi) is 2.44. The quantitative estimate of drug-likeness (QED) is 0.665. The van der Waals surface area contributed by atoms with Gasteiger partial charge >= 0.3 is 0 Å². The molecule has 0 aliphatic rings. The molecular weight excluding hydrogens is 241 g/mol. The fraction of sp³-hybridized carbons (Fsp3) is 0. The van der Waals surface area contributed by atoms with Crippen LogP contribution in [0.5, 0.6) is 0 Å². The van der Waals surface area contributed by atoms with Gasteiger partial charge in [-0.2, -0.15) is 5.26 Å². The van der Waals surface area contributed by atoms with Crippen LogP contribution in [0.4, 0.5) is 13.2 Å². The highest BCUT2D eigenvalue weighted by Gasteiger charge is 2.17. The lowest BCUT2D eigenvalue weighted by Crippen LogP contribution is -1.96. The van der Waals surface area contributed by atoms with Crippen molar-refractivity contribution in [2.75, 3.05) is 0 Å². The summed E-state index contributed by atoms with van der Waals surface area (Å²) in [5.74, 6) is -4.40. The third-order valence-electron chi connectivity index (χ3n) is 2.05. The number of pyridine rings is 1. The topological polar surface area (TPSA) is 36.7 Å². The molecule has 0 fully saturated rings. The maximum absolute atomic E-state index is 13.3. The normalized spacial score (nSPS) is 10.4. The average molecular weight is 243 g/mol. The zero-order valence-corrected chi connectivity index (χ0v) is 8.32. The molecule has 0 atom stereocenters. The third-order valence-corrected chi connectivity index (χ3v) is 2.46. The van der Waals surface area contributed by atoms with Crippen molar-refractivity contribution in [2.45, 2.75) is 0 Å². The molecule has 0 aliphatic heterocycles. The van der Waals surface area contributed by atoms with E-state index in [0.29, 0.717) is 6.07 Å². The number of nitrogens with zero attached hydrogens (tertiary/aromatic N) is 2. The summed E-state index contributed by atoms with van der Waals surface area (Å²) in [4.78, 5) is 3.53. The van der Waals surface area contributed by atoms with Gasteiger partial charge in [-0.1, -0.05) is 11.6 Å². The summed E-state index contributed by atoms with van der Waals surface area (Å²) in [7, 11) is 0. The van der Waals surface area contributed by atoms with Gasteiger partial charge in [0.05, 0.1) is 10.6 Å². The summed E-state index contributed by atoms with van der Waals surface area (Å²) in [6.07, 6.45) is 1.01. The van der Waals surface area contributed by atoms with Crippen molar-refractivity contribution in [3.05, 3.63) is 40.3 Å². The SMILES string of the molecule is N#Cc1cnc2c(F)c(F)c(F)cc2c1Cl. The van der Waals surface area contributed by atoms with Gasteiger partial charge in [-0.25, -0.2) is 13.2 Å². The summed E-state index contributed by atoms with van der Waals surface area (Å²) in [6.45, 7) is 0. The second-order valence-electron chi connectivity index (χ2n) is 2.98. The minimum absolute atomic E-state index is 0.0282.